The lowest BCUT2D eigenvalue weighted by molar-refractivity contribution is -0.116. The van der Waals surface area contributed by atoms with Gasteiger partial charge in [0.05, 0.1) is 5.33 Å². The normalized spacial score (nSPS) is 10.4. The van der Waals surface area contributed by atoms with Gasteiger partial charge in [-0.3, -0.25) is 4.79 Å². The molecule has 0 aliphatic heterocycles. The highest BCUT2D eigenvalue weighted by atomic mass is 79.9. The Morgan fingerprint density at radius 1 is 1.78 bits per heavy atom. The fraction of sp³-hybridized carbons (Fsp3) is 0.800. The zero-order chi connectivity index (χ0) is 7.11. The minimum atomic E-state index is -0.277. The van der Waals surface area contributed by atoms with Crippen molar-refractivity contribution in [2.75, 3.05) is 5.33 Å². The van der Waals surface area contributed by atoms with Crippen molar-refractivity contribution in [2.24, 2.45) is 0 Å². The number of rotatable bonds is 4. The van der Waals surface area contributed by atoms with Gasteiger partial charge in [0.25, 0.3) is 0 Å². The molecule has 0 aromatic heterocycles. The lowest BCUT2D eigenvalue weighted by atomic mass is 10.6. The lowest BCUT2D eigenvalue weighted by Gasteiger charge is -1.97. The van der Waals surface area contributed by atoms with E-state index in [2.05, 4.69) is 27.8 Å². The second-order valence-electron chi connectivity index (χ2n) is 1.84. The lowest BCUT2D eigenvalue weighted by Crippen LogP contribution is -2.27. The van der Waals surface area contributed by atoms with E-state index < -0.39 is 0 Å². The Bertz CT molecular complexity index is 89.0. The monoisotopic (exact) mass is 209 g/mol. The average molecular weight is 210 g/mol. The third-order valence-electron chi connectivity index (χ3n) is 0.974. The molecule has 0 saturated carbocycles. The summed E-state index contributed by atoms with van der Waals surface area (Å²) in [7, 11) is -0.277. The molecule has 0 atom stereocenters. The topological polar surface area (TPSA) is 29.1 Å². The van der Waals surface area contributed by atoms with E-state index in [4.69, 9.17) is 0 Å². The maximum atomic E-state index is 10.6. The van der Waals surface area contributed by atoms with Crippen LogP contribution in [0.4, 0.5) is 0 Å². The second kappa shape index (κ2) is 6.29. The van der Waals surface area contributed by atoms with Gasteiger partial charge in [-0.05, 0) is 6.04 Å². The van der Waals surface area contributed by atoms with Gasteiger partial charge in [-0.25, -0.2) is 0 Å². The van der Waals surface area contributed by atoms with E-state index in [1.54, 1.807) is 0 Å². The molecule has 9 heavy (non-hydrogen) atoms. The number of amides is 1. The number of halogens is 1. The van der Waals surface area contributed by atoms with Gasteiger partial charge in [0, 0.05) is 0 Å². The second-order valence-corrected chi connectivity index (χ2v) is 3.96. The van der Waals surface area contributed by atoms with Gasteiger partial charge in [0.15, 0.2) is 0 Å². The van der Waals surface area contributed by atoms with Crippen LogP contribution in [0.3, 0.4) is 0 Å². The molecule has 0 heterocycles. The van der Waals surface area contributed by atoms with Gasteiger partial charge in [-0.15, -0.1) is 0 Å². The van der Waals surface area contributed by atoms with Crippen molar-refractivity contribution in [3.05, 3.63) is 0 Å². The van der Waals surface area contributed by atoms with Gasteiger partial charge in [-0.2, -0.15) is 0 Å². The van der Waals surface area contributed by atoms with Crippen LogP contribution in [0, 0.1) is 0 Å². The Hall–Kier alpha value is 0.167. The Morgan fingerprint density at radius 2 is 2.44 bits per heavy atom. The zero-order valence-corrected chi connectivity index (χ0v) is 8.61. The molecule has 1 N–H and O–H groups in total. The summed E-state index contributed by atoms with van der Waals surface area (Å²) in [5, 5.41) is 0.448. The molecule has 0 aliphatic rings. The van der Waals surface area contributed by atoms with Crippen molar-refractivity contribution in [1.29, 1.82) is 0 Å². The number of carbonyl (C=O) groups is 1. The summed E-state index contributed by atoms with van der Waals surface area (Å²) in [5.41, 5.74) is 0. The molecule has 54 valence electrons. The van der Waals surface area contributed by atoms with Gasteiger partial charge in [0.1, 0.15) is 9.68 Å². The highest BCUT2D eigenvalue weighted by Gasteiger charge is 1.93. The number of alkyl halides is 1. The summed E-state index contributed by atoms with van der Waals surface area (Å²) >= 11 is 3.08. The first-order valence-corrected chi connectivity index (χ1v) is 5.96. The maximum Gasteiger partial charge on any atom is 0.222 e. The number of hydrogen-bond acceptors (Lipinski definition) is 1. The summed E-state index contributed by atoms with van der Waals surface area (Å²) in [6.45, 7) is 2.13. The summed E-state index contributed by atoms with van der Waals surface area (Å²) in [6, 6.07) is 1.21. The first-order valence-electron chi connectivity index (χ1n) is 3.14. The van der Waals surface area contributed by atoms with Crippen molar-refractivity contribution in [1.82, 2.24) is 4.98 Å². The van der Waals surface area contributed by atoms with Crippen LogP contribution in [0.25, 0.3) is 0 Å². The van der Waals surface area contributed by atoms with Gasteiger partial charge in [0.2, 0.25) is 5.91 Å². The summed E-state index contributed by atoms with van der Waals surface area (Å²) in [6.07, 6.45) is 1.19. The first kappa shape index (κ1) is 9.17. The fourth-order valence-electron chi connectivity index (χ4n) is 0.452. The molecular formula is C5H12BrNOSi. The van der Waals surface area contributed by atoms with E-state index in [9.17, 15) is 4.79 Å². The fourth-order valence-corrected chi connectivity index (χ4v) is 1.95. The molecule has 1 amide bonds. The van der Waals surface area contributed by atoms with Crippen LogP contribution in [0.2, 0.25) is 6.04 Å². The largest absolute Gasteiger partial charge is 0.387 e. The summed E-state index contributed by atoms with van der Waals surface area (Å²) in [5.74, 6) is 0.134. The predicted octanol–water partition coefficient (Wildman–Crippen LogP) is 0.410. The molecule has 0 aliphatic carbocycles. The van der Waals surface area contributed by atoms with Crippen LogP contribution in [-0.4, -0.2) is 20.9 Å². The highest BCUT2D eigenvalue weighted by molar-refractivity contribution is 9.09. The minimum Gasteiger partial charge on any atom is -0.387 e. The van der Waals surface area contributed by atoms with Gasteiger partial charge >= 0.3 is 0 Å². The van der Waals surface area contributed by atoms with Crippen LogP contribution in [0.5, 0.6) is 0 Å². The van der Waals surface area contributed by atoms with Crippen molar-refractivity contribution in [3.63, 3.8) is 0 Å². The molecule has 0 radical (unpaired) electrons. The third-order valence-corrected chi connectivity index (χ3v) is 3.19. The SMILES string of the molecule is CCC[SiH2]NC(=O)CBr. The molecule has 0 spiro atoms. The molecule has 0 saturated heterocycles. The van der Waals surface area contributed by atoms with Crippen LogP contribution in [-0.2, 0) is 4.79 Å². The van der Waals surface area contributed by atoms with Crippen molar-refractivity contribution < 1.29 is 4.79 Å². The molecule has 4 heteroatoms. The van der Waals surface area contributed by atoms with Crippen LogP contribution in [0.1, 0.15) is 13.3 Å². The summed E-state index contributed by atoms with van der Waals surface area (Å²) < 4.78 is 0. The molecule has 0 aromatic rings. The molecular weight excluding hydrogens is 198 g/mol. The Balaban J connectivity index is 2.97. The smallest absolute Gasteiger partial charge is 0.222 e. The molecule has 0 aromatic carbocycles. The zero-order valence-electron chi connectivity index (χ0n) is 5.61. The Labute approximate surface area is 66.4 Å². The van der Waals surface area contributed by atoms with Crippen LogP contribution in [0.15, 0.2) is 0 Å². The molecule has 2 nitrogen and oxygen atoms in total. The number of carbonyl (C=O) groups excluding carboxylic acids is 1. The molecule has 0 fully saturated rings. The van der Waals surface area contributed by atoms with Crippen molar-refractivity contribution >= 4 is 31.5 Å². The maximum absolute atomic E-state index is 10.6. The van der Waals surface area contributed by atoms with Crippen LogP contribution < -0.4 is 4.98 Å². The number of hydrogen-bond donors (Lipinski definition) is 1. The van der Waals surface area contributed by atoms with Gasteiger partial charge in [-0.1, -0.05) is 29.3 Å². The van der Waals surface area contributed by atoms with E-state index in [0.717, 1.165) is 0 Å². The Morgan fingerprint density at radius 3 is 2.89 bits per heavy atom. The first-order chi connectivity index (χ1) is 4.31. The summed E-state index contributed by atoms with van der Waals surface area (Å²) in [4.78, 5) is 13.4. The standard InChI is InChI=1S/C5H12BrNOSi/c1-2-3-9-7-5(8)4-6/h2-4,9H2,1H3,(H,7,8). The quantitative estimate of drug-likeness (QED) is 0.406. The molecule has 0 rings (SSSR count). The predicted molar refractivity (Wildman–Crippen MR) is 45.6 cm³/mol. The molecule has 0 unspecified atom stereocenters. The van der Waals surface area contributed by atoms with E-state index in [0.29, 0.717) is 5.33 Å². The number of nitrogens with one attached hydrogen (secondary N) is 1. The average Bonchev–Trinajstić information content (AvgIpc) is 1.89. The van der Waals surface area contributed by atoms with Crippen molar-refractivity contribution in [3.8, 4) is 0 Å². The minimum absolute atomic E-state index is 0.134. The Kier molecular flexibility index (Phi) is 6.41. The van der Waals surface area contributed by atoms with Gasteiger partial charge < -0.3 is 4.98 Å². The van der Waals surface area contributed by atoms with E-state index in [-0.39, 0.29) is 15.6 Å². The van der Waals surface area contributed by atoms with E-state index in [1.807, 2.05) is 0 Å². The van der Waals surface area contributed by atoms with Crippen LogP contribution >= 0.6 is 15.9 Å². The highest BCUT2D eigenvalue weighted by Crippen LogP contribution is 1.83. The molecule has 0 bridgehead atoms. The third kappa shape index (κ3) is 6.05. The van der Waals surface area contributed by atoms with E-state index >= 15 is 0 Å². The van der Waals surface area contributed by atoms with Crippen molar-refractivity contribution in [2.45, 2.75) is 19.4 Å². The van der Waals surface area contributed by atoms with E-state index in [1.165, 1.54) is 12.5 Å².